The number of likely N-dealkylation sites (N-methyl/N-ethyl adjacent to an activating group) is 1. The lowest BCUT2D eigenvalue weighted by Gasteiger charge is -2.33. The Balaban J connectivity index is 1.74. The highest BCUT2D eigenvalue weighted by molar-refractivity contribution is 7.89. The number of hydrogen-bond donors (Lipinski definition) is 1. The van der Waals surface area contributed by atoms with Crippen LogP contribution >= 0.6 is 0 Å². The third kappa shape index (κ3) is 9.82. The van der Waals surface area contributed by atoms with Gasteiger partial charge in [-0.25, -0.2) is 13.2 Å². The van der Waals surface area contributed by atoms with Crippen LogP contribution in [-0.4, -0.2) is 105 Å². The van der Waals surface area contributed by atoms with Gasteiger partial charge in [-0.3, -0.25) is 0 Å². The Morgan fingerprint density at radius 1 is 1.05 bits per heavy atom. The molecule has 5 atom stereocenters. The molecular formula is C32H47N3O7S. The molecule has 2 saturated heterocycles. The second kappa shape index (κ2) is 16.3. The van der Waals surface area contributed by atoms with Crippen LogP contribution in [-0.2, 0) is 24.3 Å². The zero-order valence-electron chi connectivity index (χ0n) is 25.8. The lowest BCUT2D eigenvalue weighted by Crippen LogP contribution is -2.48. The Bertz CT molecular complexity index is 1250. The number of aldehydes is 2. The minimum Gasteiger partial charge on any atom is -0.442 e. The van der Waals surface area contributed by atoms with E-state index < -0.39 is 34.2 Å². The third-order valence-corrected chi connectivity index (χ3v) is 10.3. The largest absolute Gasteiger partial charge is 0.442 e. The highest BCUT2D eigenvalue weighted by Gasteiger charge is 2.30. The van der Waals surface area contributed by atoms with Gasteiger partial charge in [0.15, 0.2) is 0 Å². The molecule has 1 N–H and O–H groups in total. The first kappa shape index (κ1) is 34.6. The van der Waals surface area contributed by atoms with Crippen molar-refractivity contribution in [1.29, 1.82) is 0 Å². The van der Waals surface area contributed by atoms with Crippen LogP contribution in [0.3, 0.4) is 0 Å². The molecular weight excluding hydrogens is 570 g/mol. The van der Waals surface area contributed by atoms with E-state index in [1.54, 1.807) is 23.1 Å². The van der Waals surface area contributed by atoms with Crippen LogP contribution in [0.25, 0.3) is 6.08 Å². The number of piperazine rings is 1. The first-order valence-electron chi connectivity index (χ1n) is 15.1. The Morgan fingerprint density at radius 2 is 1.74 bits per heavy atom. The predicted octanol–water partition coefficient (Wildman–Crippen LogP) is 3.61. The van der Waals surface area contributed by atoms with Crippen molar-refractivity contribution >= 4 is 34.8 Å². The molecule has 2 aliphatic heterocycles. The number of nitrogens with zero attached hydrogens (tertiary/aromatic N) is 3. The number of allylic oxidation sites excluding steroid dienone is 2. The van der Waals surface area contributed by atoms with Crippen molar-refractivity contribution in [2.24, 2.45) is 17.8 Å². The fraction of sp³-hybridized carbons (Fsp3) is 0.594. The highest BCUT2D eigenvalue weighted by atomic mass is 32.2. The van der Waals surface area contributed by atoms with Crippen molar-refractivity contribution in [3.8, 4) is 0 Å². The Hall–Kier alpha value is -2.86. The summed E-state index contributed by atoms with van der Waals surface area (Å²) in [6.07, 6.45) is 7.24. The van der Waals surface area contributed by atoms with E-state index in [0.29, 0.717) is 50.9 Å². The monoisotopic (exact) mass is 617 g/mol. The molecule has 0 aromatic heterocycles. The molecule has 0 radical (unpaired) electrons. The van der Waals surface area contributed by atoms with Gasteiger partial charge in [0.1, 0.15) is 18.7 Å². The molecule has 1 amide bonds. The second-order valence-corrected chi connectivity index (χ2v) is 13.8. The van der Waals surface area contributed by atoms with Gasteiger partial charge in [0.2, 0.25) is 10.0 Å². The molecule has 2 heterocycles. The molecule has 0 unspecified atom stereocenters. The lowest BCUT2D eigenvalue weighted by atomic mass is 9.86. The van der Waals surface area contributed by atoms with Crippen LogP contribution in [0.2, 0.25) is 0 Å². The average molecular weight is 618 g/mol. The molecule has 0 spiro atoms. The zero-order valence-corrected chi connectivity index (χ0v) is 26.6. The fourth-order valence-corrected chi connectivity index (χ4v) is 6.80. The third-order valence-electron chi connectivity index (χ3n) is 8.43. The fourth-order valence-electron chi connectivity index (χ4n) is 5.22. The topological polar surface area (TPSA) is 125 Å². The number of carbonyl (C=O) groups excluding carboxylic acids is 3. The van der Waals surface area contributed by atoms with Crippen molar-refractivity contribution in [3.63, 3.8) is 0 Å². The molecule has 3 rings (SSSR count). The van der Waals surface area contributed by atoms with E-state index >= 15 is 0 Å². The number of aliphatic hydroxyl groups excluding tert-OH is 1. The van der Waals surface area contributed by atoms with Gasteiger partial charge in [-0.1, -0.05) is 43.7 Å². The second-order valence-electron chi connectivity index (χ2n) is 11.9. The van der Waals surface area contributed by atoms with Crippen LogP contribution < -0.4 is 0 Å². The van der Waals surface area contributed by atoms with Gasteiger partial charge in [-0.2, -0.15) is 4.31 Å². The van der Waals surface area contributed by atoms with E-state index in [2.05, 4.69) is 4.90 Å². The molecule has 2 fully saturated rings. The normalized spacial score (nSPS) is 20.6. The summed E-state index contributed by atoms with van der Waals surface area (Å²) in [5.41, 5.74) is 1.48. The molecule has 0 bridgehead atoms. The minimum atomic E-state index is -3.52. The molecule has 43 heavy (non-hydrogen) atoms. The average Bonchev–Trinajstić information content (AvgIpc) is 2.93. The number of hydrogen-bond acceptors (Lipinski definition) is 8. The van der Waals surface area contributed by atoms with Crippen molar-refractivity contribution in [2.45, 2.75) is 63.6 Å². The maximum Gasteiger partial charge on any atom is 0.410 e. The van der Waals surface area contributed by atoms with Crippen LogP contribution in [0.4, 0.5) is 4.79 Å². The highest BCUT2D eigenvalue weighted by Crippen LogP contribution is 2.27. The summed E-state index contributed by atoms with van der Waals surface area (Å²) in [4.78, 5) is 40.1. The predicted molar refractivity (Wildman–Crippen MR) is 166 cm³/mol. The van der Waals surface area contributed by atoms with Crippen molar-refractivity contribution in [3.05, 3.63) is 47.6 Å². The number of rotatable bonds is 15. The van der Waals surface area contributed by atoms with E-state index in [1.807, 2.05) is 52.1 Å². The summed E-state index contributed by atoms with van der Waals surface area (Å²) in [7, 11) is -1.51. The molecule has 0 saturated carbocycles. The number of amides is 1. The minimum absolute atomic E-state index is 0.0606. The van der Waals surface area contributed by atoms with E-state index in [0.717, 1.165) is 31.4 Å². The molecule has 10 nitrogen and oxygen atoms in total. The maximum atomic E-state index is 13.0. The van der Waals surface area contributed by atoms with Gasteiger partial charge in [-0.05, 0) is 68.8 Å². The molecule has 1 aromatic rings. The summed E-state index contributed by atoms with van der Waals surface area (Å²) < 4.78 is 33.1. The molecule has 2 aliphatic rings. The van der Waals surface area contributed by atoms with Crippen LogP contribution in [0.15, 0.2) is 46.9 Å². The number of sulfonamides is 1. The van der Waals surface area contributed by atoms with Gasteiger partial charge in [0, 0.05) is 51.6 Å². The quantitative estimate of drug-likeness (QED) is 0.234. The van der Waals surface area contributed by atoms with Gasteiger partial charge in [-0.15, -0.1) is 0 Å². The van der Waals surface area contributed by atoms with Crippen molar-refractivity contribution in [2.75, 3.05) is 46.3 Å². The van der Waals surface area contributed by atoms with Crippen molar-refractivity contribution < 1.29 is 32.6 Å². The van der Waals surface area contributed by atoms with Gasteiger partial charge in [0.05, 0.1) is 11.0 Å². The molecule has 11 heteroatoms. The van der Waals surface area contributed by atoms with E-state index in [1.165, 1.54) is 4.31 Å². The first-order valence-corrected chi connectivity index (χ1v) is 16.6. The SMILES string of the molecule is C/C(=C\c1cccc(S(=O)(=O)N2CCC2)c1)[C@@H](C=O)[C@@H](C)/C=C/[C@H](OC(=O)N1CCN(C)CC1)[C@@H](C)CC[C@@H](O)CC=O. The van der Waals surface area contributed by atoms with E-state index in [4.69, 9.17) is 4.74 Å². The summed E-state index contributed by atoms with van der Waals surface area (Å²) in [6, 6.07) is 6.74. The van der Waals surface area contributed by atoms with Crippen molar-refractivity contribution in [1.82, 2.24) is 14.1 Å². The zero-order chi connectivity index (χ0) is 31.6. The van der Waals surface area contributed by atoms with E-state index in [9.17, 15) is 27.9 Å². The van der Waals surface area contributed by atoms with Crippen LogP contribution in [0.1, 0.15) is 52.0 Å². The van der Waals surface area contributed by atoms with Crippen LogP contribution in [0.5, 0.6) is 0 Å². The Labute approximate surface area is 256 Å². The summed E-state index contributed by atoms with van der Waals surface area (Å²) in [5.74, 6) is -0.853. The standard InChI is InChI=1S/C32H47N3O7S/c1-24(30(23-37)26(3)21-27-7-5-8-29(22-27)43(40,41)35-14-6-15-35)10-12-31(25(2)9-11-28(38)13-20-36)42-32(39)34-18-16-33(4)17-19-34/h5,7-8,10,12,20-25,28,30-31,38H,6,9,11,13-19H2,1-4H3/b12-10+,26-21+/t24-,25-,28+,30-,31-/m0/s1. The summed E-state index contributed by atoms with van der Waals surface area (Å²) in [6.45, 7) is 9.44. The van der Waals surface area contributed by atoms with Gasteiger partial charge >= 0.3 is 6.09 Å². The number of carbonyl (C=O) groups is 3. The Morgan fingerprint density at radius 3 is 2.35 bits per heavy atom. The number of ether oxygens (including phenoxy) is 1. The summed E-state index contributed by atoms with van der Waals surface area (Å²) >= 11 is 0. The Kier molecular flexibility index (Phi) is 13.1. The van der Waals surface area contributed by atoms with Crippen LogP contribution in [0, 0.1) is 17.8 Å². The number of aliphatic hydroxyl groups is 1. The maximum absolute atomic E-state index is 13.0. The molecule has 0 aliphatic carbocycles. The number of benzene rings is 1. The molecule has 238 valence electrons. The lowest BCUT2D eigenvalue weighted by molar-refractivity contribution is -0.111. The summed E-state index contributed by atoms with van der Waals surface area (Å²) in [5, 5.41) is 10.0. The smallest absolute Gasteiger partial charge is 0.410 e. The molecule has 1 aromatic carbocycles. The first-order chi connectivity index (χ1) is 20.5. The van der Waals surface area contributed by atoms with Gasteiger partial charge < -0.3 is 29.2 Å². The van der Waals surface area contributed by atoms with Gasteiger partial charge in [0.25, 0.3) is 0 Å². The van der Waals surface area contributed by atoms with E-state index in [-0.39, 0.29) is 23.2 Å².